The second-order valence-electron chi connectivity index (χ2n) is 6.00. The third-order valence-corrected chi connectivity index (χ3v) is 3.81. The number of halogens is 6. The van der Waals surface area contributed by atoms with Gasteiger partial charge in [-0.2, -0.15) is 26.3 Å². The number of carbonyl (C=O) groups is 1. The second kappa shape index (κ2) is 7.98. The minimum absolute atomic E-state index is 0.121. The largest absolute Gasteiger partial charge is 0.507 e. The number of rotatable bonds is 1. The number of pyridine rings is 1. The van der Waals surface area contributed by atoms with Crippen molar-refractivity contribution in [3.05, 3.63) is 65.0 Å². The summed E-state index contributed by atoms with van der Waals surface area (Å²) in [6.45, 7) is 1.76. The molecule has 1 heterocycles. The molecular formula is C19H14F6N2O2. The number of hydrogen-bond donors (Lipinski definition) is 2. The van der Waals surface area contributed by atoms with E-state index in [1.165, 1.54) is 6.20 Å². The molecule has 29 heavy (non-hydrogen) atoms. The Morgan fingerprint density at radius 1 is 0.966 bits per heavy atom. The molecule has 1 aromatic heterocycles. The zero-order valence-electron chi connectivity index (χ0n) is 14.8. The highest BCUT2D eigenvalue weighted by atomic mass is 19.4. The first-order valence-corrected chi connectivity index (χ1v) is 7.91. The van der Waals surface area contributed by atoms with Gasteiger partial charge in [0.2, 0.25) is 0 Å². The van der Waals surface area contributed by atoms with E-state index in [9.17, 15) is 31.1 Å². The monoisotopic (exact) mass is 416 g/mol. The van der Waals surface area contributed by atoms with E-state index in [-0.39, 0.29) is 17.5 Å². The molecule has 4 nitrogen and oxygen atoms in total. The average molecular weight is 416 g/mol. The number of phenols is 1. The molecule has 0 saturated heterocycles. The first kappa shape index (κ1) is 22.0. The first-order valence-electron chi connectivity index (χ1n) is 7.91. The van der Waals surface area contributed by atoms with E-state index < -0.39 is 29.2 Å². The van der Waals surface area contributed by atoms with Gasteiger partial charge in [0.1, 0.15) is 5.75 Å². The van der Waals surface area contributed by atoms with E-state index in [2.05, 4.69) is 4.98 Å². The molecule has 0 amide bonds. The highest BCUT2D eigenvalue weighted by Crippen LogP contribution is 2.34. The van der Waals surface area contributed by atoms with Crippen LogP contribution in [0, 0.1) is 6.92 Å². The van der Waals surface area contributed by atoms with Crippen LogP contribution < -0.4 is 5.73 Å². The fourth-order valence-corrected chi connectivity index (χ4v) is 2.38. The Morgan fingerprint density at radius 2 is 1.59 bits per heavy atom. The van der Waals surface area contributed by atoms with Crippen LogP contribution in [0.1, 0.15) is 27.2 Å². The lowest BCUT2D eigenvalue weighted by molar-refractivity contribution is -0.138. The summed E-state index contributed by atoms with van der Waals surface area (Å²) in [7, 11) is 0. The van der Waals surface area contributed by atoms with Crippen LogP contribution in [0.15, 0.2) is 42.6 Å². The molecule has 0 bridgehead atoms. The summed E-state index contributed by atoms with van der Waals surface area (Å²) >= 11 is 0. The van der Waals surface area contributed by atoms with Crippen molar-refractivity contribution in [3.8, 4) is 5.75 Å². The zero-order valence-corrected chi connectivity index (χ0v) is 14.8. The third-order valence-electron chi connectivity index (χ3n) is 3.81. The van der Waals surface area contributed by atoms with Crippen LogP contribution in [0.25, 0.3) is 10.8 Å². The van der Waals surface area contributed by atoms with Gasteiger partial charge in [0.25, 0.3) is 0 Å². The summed E-state index contributed by atoms with van der Waals surface area (Å²) in [5.41, 5.74) is 4.37. The van der Waals surface area contributed by atoms with Crippen LogP contribution in [-0.4, -0.2) is 16.4 Å². The number of benzene rings is 2. The van der Waals surface area contributed by atoms with Crippen LogP contribution in [-0.2, 0) is 12.4 Å². The maximum absolute atomic E-state index is 12.5. The second-order valence-corrected chi connectivity index (χ2v) is 6.00. The van der Waals surface area contributed by atoms with Gasteiger partial charge in [-0.1, -0.05) is 0 Å². The van der Waals surface area contributed by atoms with Crippen molar-refractivity contribution < 1.29 is 36.2 Å². The molecule has 0 aliphatic heterocycles. The van der Waals surface area contributed by atoms with Crippen molar-refractivity contribution in [2.75, 3.05) is 5.73 Å². The lowest BCUT2D eigenvalue weighted by atomic mass is 10.1. The van der Waals surface area contributed by atoms with Crippen LogP contribution >= 0.6 is 0 Å². The number of nitrogen functional groups attached to an aromatic ring is 1. The fourth-order valence-electron chi connectivity index (χ4n) is 2.38. The first-order chi connectivity index (χ1) is 13.3. The fraction of sp³-hybridized carbons (Fsp3) is 0.158. The topological polar surface area (TPSA) is 76.2 Å². The summed E-state index contributed by atoms with van der Waals surface area (Å²) in [4.78, 5) is 14.1. The van der Waals surface area contributed by atoms with Crippen LogP contribution in [0.3, 0.4) is 0 Å². The lowest BCUT2D eigenvalue weighted by Crippen LogP contribution is -2.06. The molecule has 0 aliphatic carbocycles. The molecule has 2 aromatic carbocycles. The molecule has 0 saturated carbocycles. The van der Waals surface area contributed by atoms with Gasteiger partial charge < -0.3 is 10.8 Å². The quantitative estimate of drug-likeness (QED) is 0.318. The number of aryl methyl sites for hydroxylation is 1. The van der Waals surface area contributed by atoms with Gasteiger partial charge in [-0.15, -0.1) is 0 Å². The Labute approximate surface area is 160 Å². The van der Waals surface area contributed by atoms with Crippen LogP contribution in [0.4, 0.5) is 32.0 Å². The molecule has 0 fully saturated rings. The summed E-state index contributed by atoms with van der Waals surface area (Å²) in [6, 6.07) is 5.82. The maximum atomic E-state index is 12.5. The van der Waals surface area contributed by atoms with Gasteiger partial charge in [-0.05, 0) is 43.3 Å². The summed E-state index contributed by atoms with van der Waals surface area (Å²) in [6.07, 6.45) is -7.31. The summed E-state index contributed by atoms with van der Waals surface area (Å²) in [5, 5.41) is 9.90. The molecule has 0 atom stereocenters. The molecule has 3 rings (SSSR count). The van der Waals surface area contributed by atoms with Crippen molar-refractivity contribution in [1.82, 2.24) is 4.98 Å². The lowest BCUT2D eigenvalue weighted by Gasteiger charge is -2.10. The van der Waals surface area contributed by atoms with Crippen LogP contribution in [0.5, 0.6) is 5.75 Å². The number of aromatic hydroxyl groups is 1. The number of phenolic OH excluding ortho intramolecular Hbond substituents is 1. The smallest absolute Gasteiger partial charge is 0.416 e. The number of aldehydes is 1. The average Bonchev–Trinajstić information content (AvgIpc) is 2.61. The molecule has 3 aromatic rings. The number of aromatic nitrogens is 1. The number of nitrogens with zero attached hydrogens (tertiary/aromatic N) is 1. The normalized spacial score (nSPS) is 11.7. The summed E-state index contributed by atoms with van der Waals surface area (Å²) in [5.74, 6) is -0.456. The zero-order chi connectivity index (χ0) is 22.0. The SMILES string of the molecule is Cc1cc2c(N)cc(C(F)(F)F)cc2cn1.O=Cc1cc(C(F)(F)F)ccc1O. The number of fused-ring (bicyclic) bond motifs is 1. The molecule has 3 N–H and O–H groups in total. The number of alkyl halides is 6. The Bertz CT molecular complexity index is 1050. The molecule has 0 spiro atoms. The predicted octanol–water partition coefficient (Wildman–Crippen LogP) is 5.37. The van der Waals surface area contributed by atoms with E-state index in [0.717, 1.165) is 23.9 Å². The van der Waals surface area contributed by atoms with Crippen LogP contribution in [0.2, 0.25) is 0 Å². The minimum Gasteiger partial charge on any atom is -0.507 e. The number of anilines is 1. The van der Waals surface area contributed by atoms with Crippen molar-refractivity contribution >= 4 is 22.7 Å². The third kappa shape index (κ3) is 5.37. The van der Waals surface area contributed by atoms with Crippen molar-refractivity contribution in [1.29, 1.82) is 0 Å². The maximum Gasteiger partial charge on any atom is 0.416 e. The van der Waals surface area contributed by atoms with Crippen molar-refractivity contribution in [2.45, 2.75) is 19.3 Å². The van der Waals surface area contributed by atoms with Crippen molar-refractivity contribution in [3.63, 3.8) is 0 Å². The van der Waals surface area contributed by atoms with Gasteiger partial charge in [-0.3, -0.25) is 9.78 Å². The van der Waals surface area contributed by atoms with Gasteiger partial charge >= 0.3 is 12.4 Å². The molecule has 0 radical (unpaired) electrons. The van der Waals surface area contributed by atoms with E-state index >= 15 is 0 Å². The van der Waals surface area contributed by atoms with Gasteiger partial charge in [-0.25, -0.2) is 0 Å². The van der Waals surface area contributed by atoms with E-state index in [1.807, 2.05) is 0 Å². The van der Waals surface area contributed by atoms with E-state index in [0.29, 0.717) is 22.9 Å². The van der Waals surface area contributed by atoms with Gasteiger partial charge in [0, 0.05) is 28.4 Å². The number of hydrogen-bond acceptors (Lipinski definition) is 4. The molecule has 10 heteroatoms. The van der Waals surface area contributed by atoms with E-state index in [4.69, 9.17) is 10.8 Å². The minimum atomic E-state index is -4.49. The van der Waals surface area contributed by atoms with Gasteiger partial charge in [0.05, 0.1) is 16.7 Å². The predicted molar refractivity (Wildman–Crippen MR) is 94.4 cm³/mol. The number of carbonyl (C=O) groups excluding carboxylic acids is 1. The Kier molecular flexibility index (Phi) is 6.05. The molecule has 154 valence electrons. The van der Waals surface area contributed by atoms with Gasteiger partial charge in [0.15, 0.2) is 6.29 Å². The number of nitrogens with two attached hydrogens (primary N) is 1. The Hall–Kier alpha value is -3.30. The molecule has 0 aliphatic rings. The molecule has 0 unspecified atom stereocenters. The van der Waals surface area contributed by atoms with E-state index in [1.54, 1.807) is 13.0 Å². The highest BCUT2D eigenvalue weighted by molar-refractivity contribution is 5.93. The highest BCUT2D eigenvalue weighted by Gasteiger charge is 2.31. The standard InChI is InChI=1S/C11H9F3N2.C8H5F3O2/c1-6-2-9-7(5-16-6)3-8(4-10(9)15)11(12,13)14;9-8(10,11)6-1-2-7(13)5(3-6)4-12/h2-5H,15H2,1H3;1-4,13H. The van der Waals surface area contributed by atoms with Crippen molar-refractivity contribution in [2.24, 2.45) is 0 Å². The molecular weight excluding hydrogens is 402 g/mol. The summed E-state index contributed by atoms with van der Waals surface area (Å²) < 4.78 is 73.6. The Balaban J connectivity index is 0.000000212. The Morgan fingerprint density at radius 3 is 2.14 bits per heavy atom.